The van der Waals surface area contributed by atoms with Gasteiger partial charge in [0.05, 0.1) is 36.6 Å². The molecule has 0 aliphatic heterocycles. The number of aromatic nitrogens is 8. The molecule has 36 heavy (non-hydrogen) atoms. The van der Waals surface area contributed by atoms with E-state index in [9.17, 15) is 5.11 Å². The van der Waals surface area contributed by atoms with Crippen LogP contribution >= 0.6 is 0 Å². The Kier molecular flexibility index (Phi) is 5.45. The van der Waals surface area contributed by atoms with Crippen molar-refractivity contribution in [3.63, 3.8) is 0 Å². The van der Waals surface area contributed by atoms with E-state index in [4.69, 9.17) is 9.72 Å². The highest BCUT2D eigenvalue weighted by Gasteiger charge is 2.31. The van der Waals surface area contributed by atoms with Gasteiger partial charge in [-0.25, -0.2) is 29.6 Å². The summed E-state index contributed by atoms with van der Waals surface area (Å²) in [6.07, 6.45) is 8.61. The molecule has 1 atom stereocenters. The summed E-state index contributed by atoms with van der Waals surface area (Å²) in [5.74, 6) is 2.07. The van der Waals surface area contributed by atoms with E-state index in [1.165, 1.54) is 0 Å². The molecule has 1 aliphatic carbocycles. The molecule has 4 heterocycles. The Labute approximate surface area is 207 Å². The maximum absolute atomic E-state index is 9.89. The highest BCUT2D eigenvalue weighted by molar-refractivity contribution is 5.77. The summed E-state index contributed by atoms with van der Waals surface area (Å²) in [6.45, 7) is 2.27. The molecule has 182 valence electrons. The lowest BCUT2D eigenvalue weighted by Crippen LogP contribution is -2.05. The Morgan fingerprint density at radius 1 is 1.08 bits per heavy atom. The number of aryl methyl sites for hydroxylation is 1. The number of nitrogens with zero attached hydrogens (tertiary/aromatic N) is 8. The normalized spacial score (nSPS) is 14.3. The third-order valence-corrected chi connectivity index (χ3v) is 6.47. The molecule has 5 aromatic rings. The number of ether oxygens (including phenoxy) is 1. The van der Waals surface area contributed by atoms with Crippen molar-refractivity contribution in [1.29, 1.82) is 0 Å². The van der Waals surface area contributed by atoms with E-state index in [1.54, 1.807) is 32.8 Å². The van der Waals surface area contributed by atoms with Crippen LogP contribution in [0.4, 0.5) is 0 Å². The van der Waals surface area contributed by atoms with E-state index in [-0.39, 0.29) is 0 Å². The fourth-order valence-corrected chi connectivity index (χ4v) is 4.48. The minimum Gasteiger partial charge on any atom is -0.480 e. The predicted octanol–water partition coefficient (Wildman–Crippen LogP) is 3.67. The molecule has 1 N–H and O–H groups in total. The van der Waals surface area contributed by atoms with Gasteiger partial charge in [0.1, 0.15) is 23.8 Å². The molecule has 10 heteroatoms. The average Bonchev–Trinajstić information content (AvgIpc) is 3.56. The van der Waals surface area contributed by atoms with Crippen molar-refractivity contribution in [3.05, 3.63) is 66.3 Å². The molecule has 0 spiro atoms. The van der Waals surface area contributed by atoms with Crippen LogP contribution in [0.1, 0.15) is 48.9 Å². The number of aliphatic hydroxyl groups is 1. The number of rotatable bonds is 7. The minimum atomic E-state index is -0.620. The molecule has 0 amide bonds. The van der Waals surface area contributed by atoms with Crippen LogP contribution < -0.4 is 4.74 Å². The number of aliphatic hydroxyl groups excluding tert-OH is 1. The third-order valence-electron chi connectivity index (χ3n) is 6.47. The standard InChI is InChI=1S/C26H26N8O2/c1-15(35)24-31-20(13-33(24)2)17-6-4-16(5-7-17)12-34-25-19(11-30-34)10-27-23(32-25)21-22(18-8-9-18)28-14-29-26(21)36-3/h4-7,10-11,13-15,18,35H,8-9,12H2,1-3H3. The summed E-state index contributed by atoms with van der Waals surface area (Å²) < 4.78 is 9.25. The van der Waals surface area contributed by atoms with E-state index in [2.05, 4.69) is 37.2 Å². The second-order valence-corrected chi connectivity index (χ2v) is 9.16. The maximum Gasteiger partial charge on any atom is 0.227 e. The SMILES string of the molecule is COc1ncnc(C2CC2)c1-c1ncc2cnn(Cc3ccc(-c4cn(C)c(C(C)O)n4)cc3)c2n1. The number of hydrogen-bond donors (Lipinski definition) is 1. The minimum absolute atomic E-state index is 0.399. The molecule has 1 saturated carbocycles. The van der Waals surface area contributed by atoms with E-state index in [0.717, 1.165) is 52.0 Å². The summed E-state index contributed by atoms with van der Waals surface area (Å²) in [6, 6.07) is 8.18. The highest BCUT2D eigenvalue weighted by Crippen LogP contribution is 2.44. The Bertz CT molecular complexity index is 1550. The van der Waals surface area contributed by atoms with Crippen LogP contribution in [0.25, 0.3) is 33.7 Å². The number of imidazole rings is 1. The molecule has 4 aromatic heterocycles. The number of benzene rings is 1. The molecule has 0 radical (unpaired) electrons. The van der Waals surface area contributed by atoms with Crippen molar-refractivity contribution in [1.82, 2.24) is 39.3 Å². The van der Waals surface area contributed by atoms with Crippen LogP contribution in [0.5, 0.6) is 5.88 Å². The zero-order chi connectivity index (χ0) is 24.8. The zero-order valence-corrected chi connectivity index (χ0v) is 20.3. The van der Waals surface area contributed by atoms with Crippen LogP contribution in [0.3, 0.4) is 0 Å². The highest BCUT2D eigenvalue weighted by atomic mass is 16.5. The smallest absolute Gasteiger partial charge is 0.227 e. The summed E-state index contributed by atoms with van der Waals surface area (Å²) in [5.41, 5.74) is 5.33. The second kappa shape index (κ2) is 8.80. The Morgan fingerprint density at radius 2 is 1.89 bits per heavy atom. The van der Waals surface area contributed by atoms with Crippen LogP contribution in [0.15, 0.2) is 49.2 Å². The van der Waals surface area contributed by atoms with Crippen LogP contribution in [-0.2, 0) is 13.6 Å². The van der Waals surface area contributed by atoms with Gasteiger partial charge in [0, 0.05) is 30.9 Å². The summed E-state index contributed by atoms with van der Waals surface area (Å²) in [7, 11) is 3.49. The van der Waals surface area contributed by atoms with Crippen molar-refractivity contribution in [3.8, 4) is 28.5 Å². The molecular weight excluding hydrogens is 456 g/mol. The molecule has 0 bridgehead atoms. The molecule has 6 rings (SSSR count). The topological polar surface area (TPSA) is 117 Å². The second-order valence-electron chi connectivity index (χ2n) is 9.16. The Hall–Kier alpha value is -4.18. The monoisotopic (exact) mass is 482 g/mol. The lowest BCUT2D eigenvalue weighted by molar-refractivity contribution is 0.185. The van der Waals surface area contributed by atoms with Gasteiger partial charge in [0.15, 0.2) is 11.5 Å². The first-order chi connectivity index (χ1) is 17.5. The first-order valence-electron chi connectivity index (χ1n) is 11.9. The van der Waals surface area contributed by atoms with Gasteiger partial charge in [-0.05, 0) is 25.3 Å². The first-order valence-corrected chi connectivity index (χ1v) is 11.9. The van der Waals surface area contributed by atoms with Gasteiger partial charge in [0.2, 0.25) is 5.88 Å². The van der Waals surface area contributed by atoms with E-state index in [1.807, 2.05) is 34.6 Å². The maximum atomic E-state index is 9.89. The van der Waals surface area contributed by atoms with Gasteiger partial charge in [-0.15, -0.1) is 0 Å². The van der Waals surface area contributed by atoms with Crippen LogP contribution in [-0.4, -0.2) is 51.5 Å². The van der Waals surface area contributed by atoms with Crippen molar-refractivity contribution < 1.29 is 9.84 Å². The Balaban J connectivity index is 1.31. The van der Waals surface area contributed by atoms with Crippen LogP contribution in [0.2, 0.25) is 0 Å². The predicted molar refractivity (Wildman–Crippen MR) is 133 cm³/mol. The third kappa shape index (κ3) is 3.99. The van der Waals surface area contributed by atoms with Gasteiger partial charge in [-0.1, -0.05) is 24.3 Å². The largest absolute Gasteiger partial charge is 0.480 e. The number of hydrogen-bond acceptors (Lipinski definition) is 8. The van der Waals surface area contributed by atoms with Gasteiger partial charge in [-0.2, -0.15) is 5.10 Å². The van der Waals surface area contributed by atoms with Crippen LogP contribution in [0, 0.1) is 0 Å². The number of fused-ring (bicyclic) bond motifs is 1. The molecule has 10 nitrogen and oxygen atoms in total. The Morgan fingerprint density at radius 3 is 2.58 bits per heavy atom. The lowest BCUT2D eigenvalue weighted by atomic mass is 10.1. The van der Waals surface area contributed by atoms with Crippen molar-refractivity contribution in [2.45, 2.75) is 38.3 Å². The van der Waals surface area contributed by atoms with Gasteiger partial charge >= 0.3 is 0 Å². The van der Waals surface area contributed by atoms with E-state index >= 15 is 0 Å². The summed E-state index contributed by atoms with van der Waals surface area (Å²) in [5, 5.41) is 15.3. The van der Waals surface area contributed by atoms with Gasteiger partial charge in [-0.3, -0.25) is 0 Å². The fourth-order valence-electron chi connectivity index (χ4n) is 4.48. The van der Waals surface area contributed by atoms with Crippen molar-refractivity contribution in [2.75, 3.05) is 7.11 Å². The first kappa shape index (κ1) is 22.3. The van der Waals surface area contributed by atoms with Gasteiger partial charge < -0.3 is 14.4 Å². The van der Waals surface area contributed by atoms with E-state index in [0.29, 0.717) is 30.0 Å². The molecule has 0 saturated heterocycles. The van der Waals surface area contributed by atoms with Gasteiger partial charge in [0.25, 0.3) is 0 Å². The molecule has 1 aromatic carbocycles. The lowest BCUT2D eigenvalue weighted by Gasteiger charge is -2.11. The molecule has 1 fully saturated rings. The molecule has 1 unspecified atom stereocenters. The fraction of sp³-hybridized carbons (Fsp3) is 0.308. The molecular formula is C26H26N8O2. The zero-order valence-electron chi connectivity index (χ0n) is 20.3. The van der Waals surface area contributed by atoms with Crippen molar-refractivity contribution in [2.24, 2.45) is 7.05 Å². The van der Waals surface area contributed by atoms with E-state index < -0.39 is 6.10 Å². The number of methoxy groups -OCH3 is 1. The van der Waals surface area contributed by atoms with Crippen molar-refractivity contribution >= 4 is 11.0 Å². The molecule has 1 aliphatic rings. The average molecular weight is 483 g/mol. The quantitative estimate of drug-likeness (QED) is 0.373. The summed E-state index contributed by atoms with van der Waals surface area (Å²) >= 11 is 0. The summed E-state index contributed by atoms with van der Waals surface area (Å²) in [4.78, 5) is 22.8.